The first-order chi connectivity index (χ1) is 5.43. The average molecular weight is 147 g/mol. The van der Waals surface area contributed by atoms with Crippen LogP contribution in [0, 0.1) is 6.92 Å². The van der Waals surface area contributed by atoms with Crippen LogP contribution in [0.25, 0.3) is 0 Å². The molecule has 0 saturated carbocycles. The minimum Gasteiger partial charge on any atom is -0.497 e. The lowest BCUT2D eigenvalue weighted by Crippen LogP contribution is -1.84. The van der Waals surface area contributed by atoms with Crippen LogP contribution in [0.2, 0.25) is 0 Å². The Morgan fingerprint density at radius 3 is 2.64 bits per heavy atom. The fourth-order valence-corrected chi connectivity index (χ4v) is 0.787. The van der Waals surface area contributed by atoms with Crippen molar-refractivity contribution in [3.8, 4) is 0 Å². The van der Waals surface area contributed by atoms with E-state index in [0.717, 1.165) is 0 Å². The SMILES string of the molecule is [CH2]C=COCc1ccccc1. The summed E-state index contributed by atoms with van der Waals surface area (Å²) in [6.45, 7) is 4.13. The van der Waals surface area contributed by atoms with E-state index in [1.165, 1.54) is 5.56 Å². The largest absolute Gasteiger partial charge is 0.497 e. The molecule has 0 aliphatic rings. The van der Waals surface area contributed by atoms with E-state index in [4.69, 9.17) is 4.74 Å². The molecule has 57 valence electrons. The van der Waals surface area contributed by atoms with E-state index in [2.05, 4.69) is 6.92 Å². The van der Waals surface area contributed by atoms with Crippen LogP contribution in [0.1, 0.15) is 5.56 Å². The second-order valence-corrected chi connectivity index (χ2v) is 2.17. The van der Waals surface area contributed by atoms with Gasteiger partial charge in [-0.3, -0.25) is 0 Å². The van der Waals surface area contributed by atoms with Crippen molar-refractivity contribution >= 4 is 0 Å². The maximum Gasteiger partial charge on any atom is 0.112 e. The molecule has 11 heavy (non-hydrogen) atoms. The van der Waals surface area contributed by atoms with Crippen molar-refractivity contribution in [3.05, 3.63) is 55.2 Å². The molecule has 0 N–H and O–H groups in total. The number of hydrogen-bond acceptors (Lipinski definition) is 1. The quantitative estimate of drug-likeness (QED) is 0.597. The van der Waals surface area contributed by atoms with Crippen LogP contribution in [-0.4, -0.2) is 0 Å². The summed E-state index contributed by atoms with van der Waals surface area (Å²) in [7, 11) is 0. The molecule has 1 aromatic rings. The lowest BCUT2D eigenvalue weighted by molar-refractivity contribution is 0.236. The maximum atomic E-state index is 5.13. The zero-order chi connectivity index (χ0) is 7.94. The van der Waals surface area contributed by atoms with E-state index in [1.54, 1.807) is 12.3 Å². The maximum absolute atomic E-state index is 5.13. The van der Waals surface area contributed by atoms with Crippen LogP contribution < -0.4 is 0 Å². The Balaban J connectivity index is 2.39. The van der Waals surface area contributed by atoms with Gasteiger partial charge in [0, 0.05) is 0 Å². The van der Waals surface area contributed by atoms with Gasteiger partial charge in [-0.05, 0) is 18.6 Å². The average Bonchev–Trinajstić information content (AvgIpc) is 2.07. The molecule has 1 radical (unpaired) electrons. The van der Waals surface area contributed by atoms with Crippen molar-refractivity contribution in [3.63, 3.8) is 0 Å². The molecule has 0 spiro atoms. The molecule has 0 bridgehead atoms. The standard InChI is InChI=1S/C10H11O/c1-2-8-11-9-10-6-4-3-5-7-10/h2-8H,1,9H2. The molecule has 0 atom stereocenters. The first-order valence-electron chi connectivity index (χ1n) is 3.53. The third kappa shape index (κ3) is 2.89. The number of benzene rings is 1. The molecule has 0 aliphatic carbocycles. The van der Waals surface area contributed by atoms with Gasteiger partial charge in [0.25, 0.3) is 0 Å². The van der Waals surface area contributed by atoms with Crippen LogP contribution in [0.15, 0.2) is 42.7 Å². The summed E-state index contributed by atoms with van der Waals surface area (Å²) in [5.74, 6) is 0. The van der Waals surface area contributed by atoms with Gasteiger partial charge in [-0.15, -0.1) is 0 Å². The van der Waals surface area contributed by atoms with Crippen molar-refractivity contribution in [1.82, 2.24) is 0 Å². The van der Waals surface area contributed by atoms with Crippen LogP contribution in [0.4, 0.5) is 0 Å². The summed E-state index contributed by atoms with van der Waals surface area (Å²) in [5.41, 5.74) is 1.17. The normalized spacial score (nSPS) is 10.3. The Bertz CT molecular complexity index is 214. The molecule has 0 aromatic heterocycles. The van der Waals surface area contributed by atoms with Gasteiger partial charge >= 0.3 is 0 Å². The van der Waals surface area contributed by atoms with Crippen molar-refractivity contribution < 1.29 is 4.74 Å². The van der Waals surface area contributed by atoms with Crippen LogP contribution in [-0.2, 0) is 11.3 Å². The molecule has 1 nitrogen and oxygen atoms in total. The van der Waals surface area contributed by atoms with E-state index < -0.39 is 0 Å². The summed E-state index contributed by atoms with van der Waals surface area (Å²) in [6.07, 6.45) is 3.22. The molecule has 0 saturated heterocycles. The molecule has 0 amide bonds. The lowest BCUT2D eigenvalue weighted by Gasteiger charge is -1.98. The molecule has 0 aliphatic heterocycles. The van der Waals surface area contributed by atoms with Crippen LogP contribution in [0.5, 0.6) is 0 Å². The van der Waals surface area contributed by atoms with Crippen molar-refractivity contribution in [1.29, 1.82) is 0 Å². The summed E-state index contributed by atoms with van der Waals surface area (Å²) in [4.78, 5) is 0. The second kappa shape index (κ2) is 4.56. The highest BCUT2D eigenvalue weighted by Gasteiger charge is 1.86. The Kier molecular flexibility index (Phi) is 3.26. The topological polar surface area (TPSA) is 9.23 Å². The highest BCUT2D eigenvalue weighted by molar-refractivity contribution is 5.13. The summed E-state index contributed by atoms with van der Waals surface area (Å²) >= 11 is 0. The van der Waals surface area contributed by atoms with Gasteiger partial charge in [0.15, 0.2) is 0 Å². The minimum atomic E-state index is 0.618. The third-order valence-corrected chi connectivity index (χ3v) is 1.29. The molecule has 0 fully saturated rings. The Morgan fingerprint density at radius 2 is 2.00 bits per heavy atom. The predicted octanol–water partition coefficient (Wildman–Crippen LogP) is 2.55. The number of hydrogen-bond donors (Lipinski definition) is 0. The first-order valence-corrected chi connectivity index (χ1v) is 3.53. The van der Waals surface area contributed by atoms with Gasteiger partial charge in [-0.25, -0.2) is 0 Å². The first kappa shape index (κ1) is 7.86. The zero-order valence-corrected chi connectivity index (χ0v) is 6.36. The smallest absolute Gasteiger partial charge is 0.112 e. The molecule has 0 unspecified atom stereocenters. The van der Waals surface area contributed by atoms with Gasteiger partial charge < -0.3 is 4.74 Å². The number of ether oxygens (including phenoxy) is 1. The van der Waals surface area contributed by atoms with E-state index >= 15 is 0 Å². The molecule has 0 heterocycles. The monoisotopic (exact) mass is 147 g/mol. The molecule has 1 heteroatoms. The minimum absolute atomic E-state index is 0.618. The third-order valence-electron chi connectivity index (χ3n) is 1.29. The van der Waals surface area contributed by atoms with Crippen molar-refractivity contribution in [2.45, 2.75) is 6.61 Å². The Hall–Kier alpha value is -1.24. The Morgan fingerprint density at radius 1 is 1.27 bits per heavy atom. The van der Waals surface area contributed by atoms with E-state index in [-0.39, 0.29) is 0 Å². The fraction of sp³-hybridized carbons (Fsp3) is 0.100. The van der Waals surface area contributed by atoms with Gasteiger partial charge in [0.2, 0.25) is 0 Å². The van der Waals surface area contributed by atoms with Crippen LogP contribution in [0.3, 0.4) is 0 Å². The van der Waals surface area contributed by atoms with Gasteiger partial charge in [0.1, 0.15) is 6.61 Å². The number of rotatable bonds is 3. The molecule has 1 aromatic carbocycles. The van der Waals surface area contributed by atoms with Crippen molar-refractivity contribution in [2.24, 2.45) is 0 Å². The highest BCUT2D eigenvalue weighted by atomic mass is 16.5. The van der Waals surface area contributed by atoms with Crippen molar-refractivity contribution in [2.75, 3.05) is 0 Å². The molecular weight excluding hydrogens is 136 g/mol. The van der Waals surface area contributed by atoms with E-state index in [9.17, 15) is 0 Å². The summed E-state index contributed by atoms with van der Waals surface area (Å²) in [5, 5.41) is 0. The van der Waals surface area contributed by atoms with Gasteiger partial charge in [-0.2, -0.15) is 0 Å². The van der Waals surface area contributed by atoms with E-state index in [1.807, 2.05) is 30.3 Å². The number of allylic oxidation sites excluding steroid dienone is 1. The second-order valence-electron chi connectivity index (χ2n) is 2.17. The predicted molar refractivity (Wildman–Crippen MR) is 45.7 cm³/mol. The van der Waals surface area contributed by atoms with Gasteiger partial charge in [-0.1, -0.05) is 30.3 Å². The zero-order valence-electron chi connectivity index (χ0n) is 6.36. The lowest BCUT2D eigenvalue weighted by atomic mass is 10.2. The summed E-state index contributed by atoms with van der Waals surface area (Å²) in [6, 6.07) is 10.0. The molecular formula is C10H11O. The van der Waals surface area contributed by atoms with E-state index in [0.29, 0.717) is 6.61 Å². The summed E-state index contributed by atoms with van der Waals surface area (Å²) < 4.78 is 5.13. The van der Waals surface area contributed by atoms with Gasteiger partial charge in [0.05, 0.1) is 6.26 Å². The highest BCUT2D eigenvalue weighted by Crippen LogP contribution is 1.99. The fourth-order valence-electron chi connectivity index (χ4n) is 0.787. The Labute approximate surface area is 67.3 Å². The molecule has 1 rings (SSSR count). The van der Waals surface area contributed by atoms with Crippen LogP contribution >= 0.6 is 0 Å².